The summed E-state index contributed by atoms with van der Waals surface area (Å²) in [7, 11) is 1.99. The Morgan fingerprint density at radius 1 is 1.07 bits per heavy atom. The molecule has 6 atom stereocenters. The van der Waals surface area contributed by atoms with E-state index in [2.05, 4.69) is 4.90 Å². The van der Waals surface area contributed by atoms with E-state index in [1.54, 1.807) is 24.3 Å². The number of aliphatic carboxylic acids is 1. The van der Waals surface area contributed by atoms with E-state index in [-0.39, 0.29) is 36.8 Å². The van der Waals surface area contributed by atoms with Crippen LogP contribution in [0.2, 0.25) is 0 Å². The summed E-state index contributed by atoms with van der Waals surface area (Å²) >= 11 is 0. The van der Waals surface area contributed by atoms with Gasteiger partial charge in [-0.3, -0.25) is 9.59 Å². The van der Waals surface area contributed by atoms with Gasteiger partial charge in [-0.1, -0.05) is 42.5 Å². The standard InChI is InChI=1S/C33H35NO11/c1-18(31(40)45-28(30(38)39)19-6-4-3-5-7-19)42-24(36)10-11-25(37)43-22-12-13-33(41)23-16-20-8-9-21(17-35)27-26(20)32(33,29(22)44-27)14-15-34(23)2/h3-9,12,18,23,28-29,35,41H,10-11,13-17H2,1-2H3,(H,38,39)/t18-,23+,28-,29-,32-,33+/m0/s1. The van der Waals surface area contributed by atoms with Crippen molar-refractivity contribution in [3.8, 4) is 5.75 Å². The summed E-state index contributed by atoms with van der Waals surface area (Å²) in [6.45, 7) is 1.70. The van der Waals surface area contributed by atoms with Crippen molar-refractivity contribution < 1.29 is 53.4 Å². The number of carbonyl (C=O) groups is 4. The summed E-state index contributed by atoms with van der Waals surface area (Å²) in [5.74, 6) is -3.27. The van der Waals surface area contributed by atoms with E-state index in [1.807, 2.05) is 19.2 Å². The molecule has 2 aliphatic heterocycles. The maximum absolute atomic E-state index is 13.0. The second-order valence-corrected chi connectivity index (χ2v) is 12.1. The zero-order chi connectivity index (χ0) is 32.1. The average molecular weight is 622 g/mol. The van der Waals surface area contributed by atoms with Gasteiger partial charge in [0.1, 0.15) is 11.5 Å². The second kappa shape index (κ2) is 11.6. The Kier molecular flexibility index (Phi) is 7.92. The lowest BCUT2D eigenvalue weighted by Gasteiger charge is -2.61. The number of likely N-dealkylation sites (tertiary alicyclic amines) is 1. The zero-order valence-electron chi connectivity index (χ0n) is 24.9. The van der Waals surface area contributed by atoms with Crippen LogP contribution < -0.4 is 4.74 Å². The Morgan fingerprint density at radius 2 is 1.80 bits per heavy atom. The third-order valence-corrected chi connectivity index (χ3v) is 9.59. The number of rotatable bonds is 10. The Hall–Kier alpha value is -4.26. The van der Waals surface area contributed by atoms with Crippen LogP contribution in [0.4, 0.5) is 0 Å². The smallest absolute Gasteiger partial charge is 0.349 e. The zero-order valence-corrected chi connectivity index (χ0v) is 24.9. The van der Waals surface area contributed by atoms with Gasteiger partial charge in [0.2, 0.25) is 6.10 Å². The van der Waals surface area contributed by atoms with Crippen molar-refractivity contribution >= 4 is 23.9 Å². The molecule has 0 saturated carbocycles. The normalized spacial score (nSPS) is 27.2. The third kappa shape index (κ3) is 4.97. The molecule has 12 heteroatoms. The summed E-state index contributed by atoms with van der Waals surface area (Å²) in [6.07, 6.45) is -1.48. The summed E-state index contributed by atoms with van der Waals surface area (Å²) < 4.78 is 22.4. The van der Waals surface area contributed by atoms with Gasteiger partial charge in [-0.15, -0.1) is 0 Å². The summed E-state index contributed by atoms with van der Waals surface area (Å²) in [4.78, 5) is 51.7. The van der Waals surface area contributed by atoms with Crippen molar-refractivity contribution in [2.45, 2.75) is 81.0 Å². The number of hydrogen-bond donors (Lipinski definition) is 3. The number of esters is 3. The van der Waals surface area contributed by atoms with E-state index >= 15 is 0 Å². The fraction of sp³-hybridized carbons (Fsp3) is 0.455. The molecule has 1 spiro atoms. The molecule has 4 aliphatic rings. The first kappa shape index (κ1) is 30.8. The maximum Gasteiger partial charge on any atom is 0.349 e. The van der Waals surface area contributed by atoms with Gasteiger partial charge in [-0.2, -0.15) is 0 Å². The van der Waals surface area contributed by atoms with E-state index in [9.17, 15) is 34.5 Å². The first-order valence-electron chi connectivity index (χ1n) is 14.9. The minimum atomic E-state index is -1.58. The van der Waals surface area contributed by atoms with Crippen LogP contribution in [0.5, 0.6) is 5.75 Å². The number of aliphatic hydroxyl groups is 2. The minimum absolute atomic E-state index is 0.175. The van der Waals surface area contributed by atoms with Gasteiger partial charge in [-0.25, -0.2) is 9.59 Å². The van der Waals surface area contributed by atoms with E-state index in [0.29, 0.717) is 30.7 Å². The molecule has 0 radical (unpaired) electrons. The number of carboxylic acid groups (broad SMARTS) is 1. The Bertz CT molecular complexity index is 1570. The fourth-order valence-corrected chi connectivity index (χ4v) is 7.42. The van der Waals surface area contributed by atoms with Crippen molar-refractivity contribution in [2.75, 3.05) is 13.6 Å². The van der Waals surface area contributed by atoms with Crippen LogP contribution in [0, 0.1) is 0 Å². The van der Waals surface area contributed by atoms with E-state index in [4.69, 9.17) is 18.9 Å². The van der Waals surface area contributed by atoms with Crippen molar-refractivity contribution in [3.05, 3.63) is 76.6 Å². The highest BCUT2D eigenvalue weighted by molar-refractivity contribution is 5.84. The molecule has 0 unspecified atom stereocenters. The molecule has 2 aromatic rings. The third-order valence-electron chi connectivity index (χ3n) is 9.59. The van der Waals surface area contributed by atoms with Gasteiger partial charge in [0.25, 0.3) is 0 Å². The SMILES string of the molecule is C[C@H](OC(=O)CCC(=O)OC1=CC[C@@]2(O)[C@H]3Cc4ccc(CO)c5c4[C@@]2(CCN3C)[C@H]1O5)C(=O)O[C@H](C(=O)O)c1ccccc1. The molecule has 2 bridgehead atoms. The number of nitrogens with zero attached hydrogens (tertiary/aromatic N) is 1. The molecule has 238 valence electrons. The molecule has 12 nitrogen and oxygen atoms in total. The molecule has 45 heavy (non-hydrogen) atoms. The Morgan fingerprint density at radius 3 is 2.51 bits per heavy atom. The van der Waals surface area contributed by atoms with Crippen LogP contribution in [0.1, 0.15) is 61.0 Å². The second-order valence-electron chi connectivity index (χ2n) is 12.1. The van der Waals surface area contributed by atoms with Crippen LogP contribution in [-0.4, -0.2) is 81.5 Å². The van der Waals surface area contributed by atoms with Crippen molar-refractivity contribution in [2.24, 2.45) is 0 Å². The van der Waals surface area contributed by atoms with Gasteiger partial charge in [0, 0.05) is 29.2 Å². The lowest BCUT2D eigenvalue weighted by molar-refractivity contribution is -0.176. The predicted molar refractivity (Wildman–Crippen MR) is 155 cm³/mol. The molecule has 2 aliphatic carbocycles. The number of ether oxygens (including phenoxy) is 4. The van der Waals surface area contributed by atoms with E-state index in [0.717, 1.165) is 11.1 Å². The molecule has 6 rings (SSSR count). The first-order chi connectivity index (χ1) is 21.5. The van der Waals surface area contributed by atoms with Gasteiger partial charge in [-0.05, 0) is 45.0 Å². The average Bonchev–Trinajstić information content (AvgIpc) is 3.38. The van der Waals surface area contributed by atoms with Crippen molar-refractivity contribution in [3.63, 3.8) is 0 Å². The van der Waals surface area contributed by atoms with Gasteiger partial charge < -0.3 is 39.2 Å². The lowest BCUT2D eigenvalue weighted by atomic mass is 9.50. The number of aliphatic hydroxyl groups excluding tert-OH is 1. The highest BCUT2D eigenvalue weighted by Gasteiger charge is 2.71. The van der Waals surface area contributed by atoms with Gasteiger partial charge in [0.15, 0.2) is 12.2 Å². The molecule has 0 aromatic heterocycles. The predicted octanol–water partition coefficient (Wildman–Crippen LogP) is 2.08. The first-order valence-corrected chi connectivity index (χ1v) is 14.9. The summed E-state index contributed by atoms with van der Waals surface area (Å²) in [6, 6.07) is 11.5. The number of hydrogen-bond acceptors (Lipinski definition) is 11. The van der Waals surface area contributed by atoms with E-state index < -0.39 is 59.6 Å². The number of piperidine rings is 1. The number of likely N-dealkylation sites (N-methyl/N-ethyl adjacent to an activating group) is 1. The number of benzene rings is 2. The van der Waals surface area contributed by atoms with Crippen LogP contribution in [0.3, 0.4) is 0 Å². The topological polar surface area (TPSA) is 169 Å². The maximum atomic E-state index is 13.0. The monoisotopic (exact) mass is 621 g/mol. The van der Waals surface area contributed by atoms with Crippen LogP contribution in [0.25, 0.3) is 0 Å². The lowest BCUT2D eigenvalue weighted by Crippen LogP contribution is -2.74. The molecule has 2 heterocycles. The highest BCUT2D eigenvalue weighted by Crippen LogP contribution is 2.64. The van der Waals surface area contributed by atoms with Crippen molar-refractivity contribution in [1.82, 2.24) is 4.90 Å². The van der Waals surface area contributed by atoms with Crippen LogP contribution in [0.15, 0.2) is 54.3 Å². The minimum Gasteiger partial charge on any atom is -0.481 e. The summed E-state index contributed by atoms with van der Waals surface area (Å²) in [5.41, 5.74) is 0.697. The molecule has 1 saturated heterocycles. The molecular weight excluding hydrogens is 586 g/mol. The van der Waals surface area contributed by atoms with Gasteiger partial charge >= 0.3 is 23.9 Å². The molecule has 3 N–H and O–H groups in total. The fourth-order valence-electron chi connectivity index (χ4n) is 7.42. The summed E-state index contributed by atoms with van der Waals surface area (Å²) in [5, 5.41) is 31.8. The molecular formula is C33H35NO11. The van der Waals surface area contributed by atoms with Crippen molar-refractivity contribution in [1.29, 1.82) is 0 Å². The van der Waals surface area contributed by atoms with Gasteiger partial charge in [0.05, 0.1) is 30.5 Å². The van der Waals surface area contributed by atoms with Crippen LogP contribution >= 0.6 is 0 Å². The number of carbonyl (C=O) groups excluding carboxylic acids is 3. The highest BCUT2D eigenvalue weighted by atomic mass is 16.6. The van der Waals surface area contributed by atoms with E-state index in [1.165, 1.54) is 19.1 Å². The molecule has 1 fully saturated rings. The largest absolute Gasteiger partial charge is 0.481 e. The number of carboxylic acids is 1. The quantitative estimate of drug-likeness (QED) is 0.261. The Balaban J connectivity index is 1.10. The molecule has 0 amide bonds. The Labute approximate surface area is 259 Å². The molecule has 2 aromatic carbocycles. The van der Waals surface area contributed by atoms with Crippen LogP contribution in [-0.2, 0) is 51.8 Å².